The van der Waals surface area contributed by atoms with Crippen molar-refractivity contribution < 1.29 is 9.53 Å². The molecule has 1 aromatic carbocycles. The van der Waals surface area contributed by atoms with E-state index in [9.17, 15) is 4.79 Å². The zero-order valence-corrected chi connectivity index (χ0v) is 11.7. The molecule has 3 nitrogen and oxygen atoms in total. The Kier molecular flexibility index (Phi) is 4.11. The molecule has 18 heavy (non-hydrogen) atoms. The van der Waals surface area contributed by atoms with Gasteiger partial charge in [0.25, 0.3) is 5.91 Å². The maximum Gasteiger partial charge on any atom is 0.258 e. The summed E-state index contributed by atoms with van der Waals surface area (Å²) in [6, 6.07) is 8.62. The summed E-state index contributed by atoms with van der Waals surface area (Å²) in [6.45, 7) is 0. The molecule has 1 amide bonds. The van der Waals surface area contributed by atoms with E-state index in [0.717, 1.165) is 11.3 Å². The highest BCUT2D eigenvalue weighted by Gasteiger charge is 2.14. The molecule has 0 aliphatic carbocycles. The Morgan fingerprint density at radius 1 is 1.33 bits per heavy atom. The standard InChI is InChI=1S/C12H9Cl2NO2S/c1-17-8-4-2-3-7(5-8)15-12(16)9-6-10(13)18-11(9)14/h2-6H,1H3,(H,15,16). The van der Waals surface area contributed by atoms with Crippen LogP contribution in [0.5, 0.6) is 5.75 Å². The van der Waals surface area contributed by atoms with Crippen LogP contribution in [-0.4, -0.2) is 13.0 Å². The number of carbonyl (C=O) groups excluding carboxylic acids is 1. The number of thiophene rings is 1. The van der Waals surface area contributed by atoms with E-state index in [0.29, 0.717) is 25.7 Å². The Hall–Kier alpha value is -1.23. The Morgan fingerprint density at radius 3 is 2.72 bits per heavy atom. The van der Waals surface area contributed by atoms with Crippen LogP contribution >= 0.6 is 34.5 Å². The number of rotatable bonds is 3. The molecule has 0 saturated carbocycles. The Balaban J connectivity index is 2.18. The number of halogens is 2. The molecule has 0 atom stereocenters. The highest BCUT2D eigenvalue weighted by Crippen LogP contribution is 2.31. The highest BCUT2D eigenvalue weighted by atomic mass is 35.5. The van der Waals surface area contributed by atoms with Crippen molar-refractivity contribution in [3.63, 3.8) is 0 Å². The van der Waals surface area contributed by atoms with Crippen molar-refractivity contribution in [1.29, 1.82) is 0 Å². The van der Waals surface area contributed by atoms with Gasteiger partial charge in [-0.15, -0.1) is 11.3 Å². The third-order valence-electron chi connectivity index (χ3n) is 2.23. The van der Waals surface area contributed by atoms with Crippen LogP contribution in [0.15, 0.2) is 30.3 Å². The van der Waals surface area contributed by atoms with Crippen LogP contribution in [0, 0.1) is 0 Å². The van der Waals surface area contributed by atoms with Crippen LogP contribution in [0.25, 0.3) is 0 Å². The van der Waals surface area contributed by atoms with E-state index in [1.54, 1.807) is 37.4 Å². The molecule has 1 N–H and O–H groups in total. The van der Waals surface area contributed by atoms with Gasteiger partial charge in [0.2, 0.25) is 0 Å². The van der Waals surface area contributed by atoms with E-state index in [1.807, 2.05) is 0 Å². The van der Waals surface area contributed by atoms with Crippen molar-refractivity contribution >= 4 is 46.1 Å². The van der Waals surface area contributed by atoms with Gasteiger partial charge >= 0.3 is 0 Å². The van der Waals surface area contributed by atoms with Gasteiger partial charge in [0.15, 0.2) is 0 Å². The first-order valence-corrected chi connectivity index (χ1v) is 6.57. The smallest absolute Gasteiger partial charge is 0.258 e. The Morgan fingerprint density at radius 2 is 2.11 bits per heavy atom. The molecule has 2 rings (SSSR count). The maximum atomic E-state index is 12.0. The number of ether oxygens (including phenoxy) is 1. The second-order valence-electron chi connectivity index (χ2n) is 3.42. The number of benzene rings is 1. The highest BCUT2D eigenvalue weighted by molar-refractivity contribution is 7.20. The molecule has 0 saturated heterocycles. The zero-order chi connectivity index (χ0) is 13.1. The number of methoxy groups -OCH3 is 1. The van der Waals surface area contributed by atoms with Crippen LogP contribution < -0.4 is 10.1 Å². The predicted molar refractivity (Wildman–Crippen MR) is 75.3 cm³/mol. The fraction of sp³-hybridized carbons (Fsp3) is 0.0833. The molecule has 0 aliphatic rings. The summed E-state index contributed by atoms with van der Waals surface area (Å²) in [4.78, 5) is 12.0. The minimum Gasteiger partial charge on any atom is -0.497 e. The lowest BCUT2D eigenvalue weighted by Gasteiger charge is -2.06. The molecule has 0 unspecified atom stereocenters. The van der Waals surface area contributed by atoms with Crippen LogP contribution in [0.2, 0.25) is 8.67 Å². The quantitative estimate of drug-likeness (QED) is 0.917. The zero-order valence-electron chi connectivity index (χ0n) is 9.37. The molecule has 2 aromatic rings. The average Bonchev–Trinajstić information content (AvgIpc) is 2.69. The van der Waals surface area contributed by atoms with Gasteiger partial charge in [-0.25, -0.2) is 0 Å². The van der Waals surface area contributed by atoms with E-state index in [2.05, 4.69) is 5.32 Å². The number of carbonyl (C=O) groups is 1. The Labute approximate surface area is 118 Å². The first-order valence-electron chi connectivity index (χ1n) is 5.00. The normalized spacial score (nSPS) is 10.2. The number of hydrogen-bond acceptors (Lipinski definition) is 3. The SMILES string of the molecule is COc1cccc(NC(=O)c2cc(Cl)sc2Cl)c1. The monoisotopic (exact) mass is 301 g/mol. The summed E-state index contributed by atoms with van der Waals surface area (Å²) in [5, 5.41) is 2.73. The number of amides is 1. The fourth-order valence-corrected chi connectivity index (χ4v) is 2.85. The molecule has 1 aromatic heterocycles. The molecule has 94 valence electrons. The lowest BCUT2D eigenvalue weighted by atomic mass is 10.2. The van der Waals surface area contributed by atoms with Gasteiger partial charge in [-0.05, 0) is 18.2 Å². The van der Waals surface area contributed by atoms with Gasteiger partial charge in [0.1, 0.15) is 10.1 Å². The largest absolute Gasteiger partial charge is 0.497 e. The summed E-state index contributed by atoms with van der Waals surface area (Å²) in [5.74, 6) is 0.374. The van der Waals surface area contributed by atoms with Gasteiger partial charge < -0.3 is 10.1 Å². The third-order valence-corrected chi connectivity index (χ3v) is 3.72. The lowest BCUT2D eigenvalue weighted by Crippen LogP contribution is -2.11. The van der Waals surface area contributed by atoms with Gasteiger partial charge in [-0.3, -0.25) is 4.79 Å². The van der Waals surface area contributed by atoms with E-state index < -0.39 is 0 Å². The van der Waals surface area contributed by atoms with Crippen LogP contribution in [0.4, 0.5) is 5.69 Å². The number of anilines is 1. The summed E-state index contributed by atoms with van der Waals surface area (Å²) >= 11 is 12.9. The molecule has 0 aliphatic heterocycles. The van der Waals surface area contributed by atoms with Crippen molar-refractivity contribution in [1.82, 2.24) is 0 Å². The van der Waals surface area contributed by atoms with Crippen molar-refractivity contribution in [2.24, 2.45) is 0 Å². The Bertz CT molecular complexity index is 583. The number of hydrogen-bond donors (Lipinski definition) is 1. The second-order valence-corrected chi connectivity index (χ2v) is 5.71. The molecule has 0 fully saturated rings. The minimum atomic E-state index is -0.295. The van der Waals surface area contributed by atoms with Crippen molar-refractivity contribution in [3.8, 4) is 5.75 Å². The van der Waals surface area contributed by atoms with Gasteiger partial charge in [0.05, 0.1) is 17.0 Å². The predicted octanol–water partition coefficient (Wildman–Crippen LogP) is 4.32. The minimum absolute atomic E-state index is 0.295. The summed E-state index contributed by atoms with van der Waals surface area (Å²) in [7, 11) is 1.57. The first-order chi connectivity index (χ1) is 8.60. The van der Waals surface area contributed by atoms with Crippen LogP contribution in [0.3, 0.4) is 0 Å². The molecule has 6 heteroatoms. The molecule has 0 spiro atoms. The molecule has 0 radical (unpaired) electrons. The van der Waals surface area contributed by atoms with Crippen LogP contribution in [0.1, 0.15) is 10.4 Å². The molecule has 1 heterocycles. The average molecular weight is 302 g/mol. The molecular weight excluding hydrogens is 293 g/mol. The molecular formula is C12H9Cl2NO2S. The van der Waals surface area contributed by atoms with Gasteiger partial charge in [-0.1, -0.05) is 29.3 Å². The first kappa shape index (κ1) is 13.2. The van der Waals surface area contributed by atoms with E-state index in [1.165, 1.54) is 0 Å². The lowest BCUT2D eigenvalue weighted by molar-refractivity contribution is 0.102. The summed E-state index contributed by atoms with van der Waals surface area (Å²) in [6.07, 6.45) is 0. The molecule has 0 bridgehead atoms. The van der Waals surface area contributed by atoms with Crippen molar-refractivity contribution in [2.45, 2.75) is 0 Å². The van der Waals surface area contributed by atoms with Gasteiger partial charge in [-0.2, -0.15) is 0 Å². The van der Waals surface area contributed by atoms with Crippen molar-refractivity contribution in [2.75, 3.05) is 12.4 Å². The third kappa shape index (κ3) is 2.96. The van der Waals surface area contributed by atoms with E-state index in [-0.39, 0.29) is 5.91 Å². The van der Waals surface area contributed by atoms with E-state index >= 15 is 0 Å². The summed E-state index contributed by atoms with van der Waals surface area (Å²) < 4.78 is 5.93. The fourth-order valence-electron chi connectivity index (χ4n) is 1.39. The van der Waals surface area contributed by atoms with Crippen LogP contribution in [-0.2, 0) is 0 Å². The van der Waals surface area contributed by atoms with Crippen molar-refractivity contribution in [3.05, 3.63) is 44.6 Å². The maximum absolute atomic E-state index is 12.0. The number of nitrogens with one attached hydrogen (secondary N) is 1. The van der Waals surface area contributed by atoms with E-state index in [4.69, 9.17) is 27.9 Å². The van der Waals surface area contributed by atoms with Gasteiger partial charge in [0, 0.05) is 11.8 Å². The topological polar surface area (TPSA) is 38.3 Å². The second kappa shape index (κ2) is 5.61. The summed E-state index contributed by atoms with van der Waals surface area (Å²) in [5.41, 5.74) is 1.01.